The normalized spacial score (nSPS) is 12.0. The van der Waals surface area contributed by atoms with Crippen LogP contribution in [-0.4, -0.2) is 44.8 Å². The minimum absolute atomic E-state index is 0.0846. The standard InChI is InChI=1S/C27H31N3O4S/c1-4-22-15-17-24(18-16-22)30(35(33,34)25-13-9-6-10-14-25)20-26(31)29(21(2)27(32)28-3)19-23-11-7-5-8-12-23/h5-18,21H,4,19-20H2,1-3H3,(H,28,32). The van der Waals surface area contributed by atoms with Crippen LogP contribution in [0.25, 0.3) is 0 Å². The second-order valence-corrected chi connectivity index (χ2v) is 10.0. The lowest BCUT2D eigenvalue weighted by Gasteiger charge is -2.31. The number of rotatable bonds is 10. The highest BCUT2D eigenvalue weighted by atomic mass is 32.2. The predicted octanol–water partition coefficient (Wildman–Crippen LogP) is 3.61. The smallest absolute Gasteiger partial charge is 0.264 e. The number of sulfonamides is 1. The molecule has 0 aliphatic carbocycles. The van der Waals surface area contributed by atoms with E-state index in [4.69, 9.17) is 0 Å². The zero-order valence-electron chi connectivity index (χ0n) is 20.2. The SMILES string of the molecule is CCc1ccc(N(CC(=O)N(Cc2ccccc2)C(C)C(=O)NC)S(=O)(=O)c2ccccc2)cc1. The summed E-state index contributed by atoms with van der Waals surface area (Å²) in [6.07, 6.45) is 0.805. The van der Waals surface area contributed by atoms with E-state index in [0.717, 1.165) is 21.9 Å². The minimum atomic E-state index is -4.04. The zero-order chi connectivity index (χ0) is 25.4. The summed E-state index contributed by atoms with van der Waals surface area (Å²) in [5.41, 5.74) is 2.27. The van der Waals surface area contributed by atoms with E-state index < -0.39 is 28.5 Å². The Morgan fingerprint density at radius 2 is 1.43 bits per heavy atom. The number of nitrogens with zero attached hydrogens (tertiary/aromatic N) is 2. The van der Waals surface area contributed by atoms with Crippen LogP contribution in [0, 0.1) is 0 Å². The van der Waals surface area contributed by atoms with Gasteiger partial charge in [0, 0.05) is 13.6 Å². The fourth-order valence-electron chi connectivity index (χ4n) is 3.72. The Kier molecular flexibility index (Phi) is 8.65. The van der Waals surface area contributed by atoms with Crippen molar-refractivity contribution in [2.24, 2.45) is 0 Å². The van der Waals surface area contributed by atoms with Crippen molar-refractivity contribution in [2.45, 2.75) is 37.8 Å². The van der Waals surface area contributed by atoms with Crippen LogP contribution in [0.1, 0.15) is 25.0 Å². The van der Waals surface area contributed by atoms with Crippen molar-refractivity contribution in [3.8, 4) is 0 Å². The third-order valence-electron chi connectivity index (χ3n) is 5.85. The first kappa shape index (κ1) is 26.0. The van der Waals surface area contributed by atoms with E-state index in [-0.39, 0.29) is 17.3 Å². The van der Waals surface area contributed by atoms with Gasteiger partial charge in [0.2, 0.25) is 11.8 Å². The van der Waals surface area contributed by atoms with E-state index in [2.05, 4.69) is 5.32 Å². The van der Waals surface area contributed by atoms with Crippen LogP contribution in [0.5, 0.6) is 0 Å². The van der Waals surface area contributed by atoms with E-state index >= 15 is 0 Å². The fraction of sp³-hybridized carbons (Fsp3) is 0.259. The first-order chi connectivity index (χ1) is 16.8. The van der Waals surface area contributed by atoms with E-state index in [1.807, 2.05) is 49.4 Å². The van der Waals surface area contributed by atoms with Gasteiger partial charge >= 0.3 is 0 Å². The maximum absolute atomic E-state index is 13.6. The summed E-state index contributed by atoms with van der Waals surface area (Å²) in [6, 6.07) is 23.6. The van der Waals surface area contributed by atoms with Crippen LogP contribution in [0.15, 0.2) is 89.8 Å². The Hall–Kier alpha value is -3.65. The molecule has 0 bridgehead atoms. The summed E-state index contributed by atoms with van der Waals surface area (Å²) in [5.74, 6) is -0.817. The number of amides is 2. The highest BCUT2D eigenvalue weighted by Gasteiger charge is 2.32. The van der Waals surface area contributed by atoms with Crippen LogP contribution < -0.4 is 9.62 Å². The lowest BCUT2D eigenvalue weighted by Crippen LogP contribution is -2.50. The Balaban J connectivity index is 2.01. The van der Waals surface area contributed by atoms with Gasteiger partial charge in [0.05, 0.1) is 10.6 Å². The molecule has 184 valence electrons. The molecule has 0 aliphatic heterocycles. The van der Waals surface area contributed by atoms with Crippen molar-refractivity contribution in [1.82, 2.24) is 10.2 Å². The van der Waals surface area contributed by atoms with E-state index in [1.54, 1.807) is 37.3 Å². The van der Waals surface area contributed by atoms with Gasteiger partial charge in [0.15, 0.2) is 0 Å². The summed E-state index contributed by atoms with van der Waals surface area (Å²) in [6.45, 7) is 3.36. The molecule has 0 spiro atoms. The number of anilines is 1. The third kappa shape index (κ3) is 6.27. The number of hydrogen-bond donors (Lipinski definition) is 1. The van der Waals surface area contributed by atoms with Crippen molar-refractivity contribution in [3.63, 3.8) is 0 Å². The lowest BCUT2D eigenvalue weighted by molar-refractivity contribution is -0.139. The van der Waals surface area contributed by atoms with Gasteiger partial charge in [0.25, 0.3) is 10.0 Å². The maximum Gasteiger partial charge on any atom is 0.264 e. The molecule has 1 unspecified atom stereocenters. The number of nitrogens with one attached hydrogen (secondary N) is 1. The Bertz CT molecular complexity index is 1230. The van der Waals surface area contributed by atoms with Gasteiger partial charge in [-0.15, -0.1) is 0 Å². The summed E-state index contributed by atoms with van der Waals surface area (Å²) in [4.78, 5) is 27.6. The first-order valence-corrected chi connectivity index (χ1v) is 12.9. The van der Waals surface area contributed by atoms with Crippen LogP contribution in [0.3, 0.4) is 0 Å². The van der Waals surface area contributed by atoms with Gasteiger partial charge in [-0.1, -0.05) is 67.6 Å². The zero-order valence-corrected chi connectivity index (χ0v) is 21.0. The summed E-state index contributed by atoms with van der Waals surface area (Å²) < 4.78 is 28.4. The topological polar surface area (TPSA) is 86.8 Å². The van der Waals surface area contributed by atoms with Gasteiger partial charge in [-0.05, 0) is 48.7 Å². The van der Waals surface area contributed by atoms with Crippen LogP contribution in [-0.2, 0) is 32.6 Å². The molecule has 1 atom stereocenters. The summed E-state index contributed by atoms with van der Waals surface area (Å²) in [5, 5.41) is 2.57. The molecule has 8 heteroatoms. The first-order valence-electron chi connectivity index (χ1n) is 11.5. The molecule has 3 rings (SSSR count). The molecular weight excluding hydrogens is 462 g/mol. The maximum atomic E-state index is 13.6. The predicted molar refractivity (Wildman–Crippen MR) is 137 cm³/mol. The third-order valence-corrected chi connectivity index (χ3v) is 7.64. The van der Waals surface area contributed by atoms with Gasteiger partial charge in [0.1, 0.15) is 12.6 Å². The number of likely N-dealkylation sites (N-methyl/N-ethyl adjacent to an activating group) is 1. The molecule has 3 aromatic carbocycles. The number of benzene rings is 3. The Labute approximate surface area is 207 Å². The van der Waals surface area contributed by atoms with Crippen LogP contribution >= 0.6 is 0 Å². The van der Waals surface area contributed by atoms with E-state index in [1.165, 1.54) is 24.1 Å². The fourth-order valence-corrected chi connectivity index (χ4v) is 5.15. The monoisotopic (exact) mass is 493 g/mol. The molecular formula is C27H31N3O4S. The van der Waals surface area contributed by atoms with Gasteiger partial charge in [-0.3, -0.25) is 13.9 Å². The number of aryl methyl sites for hydroxylation is 1. The Morgan fingerprint density at radius 1 is 0.857 bits per heavy atom. The van der Waals surface area contributed by atoms with Crippen molar-refractivity contribution in [3.05, 3.63) is 96.1 Å². The number of carbonyl (C=O) groups is 2. The Morgan fingerprint density at radius 3 is 1.97 bits per heavy atom. The molecule has 1 N–H and O–H groups in total. The minimum Gasteiger partial charge on any atom is -0.357 e. The summed E-state index contributed by atoms with van der Waals surface area (Å²) in [7, 11) is -2.54. The molecule has 0 radical (unpaired) electrons. The number of hydrogen-bond acceptors (Lipinski definition) is 4. The van der Waals surface area contributed by atoms with Gasteiger partial charge < -0.3 is 10.2 Å². The second kappa shape index (κ2) is 11.7. The average Bonchev–Trinajstić information content (AvgIpc) is 2.90. The molecule has 0 aliphatic rings. The number of carbonyl (C=O) groups excluding carboxylic acids is 2. The highest BCUT2D eigenvalue weighted by molar-refractivity contribution is 7.92. The van der Waals surface area contributed by atoms with Crippen molar-refractivity contribution >= 4 is 27.5 Å². The second-order valence-electron chi connectivity index (χ2n) is 8.14. The molecule has 0 saturated carbocycles. The van der Waals surface area contributed by atoms with Crippen LogP contribution in [0.4, 0.5) is 5.69 Å². The van der Waals surface area contributed by atoms with E-state index in [9.17, 15) is 18.0 Å². The molecule has 0 fully saturated rings. The summed E-state index contributed by atoms with van der Waals surface area (Å²) >= 11 is 0. The van der Waals surface area contributed by atoms with Crippen molar-refractivity contribution in [2.75, 3.05) is 17.9 Å². The molecule has 0 saturated heterocycles. The van der Waals surface area contributed by atoms with Crippen molar-refractivity contribution in [1.29, 1.82) is 0 Å². The lowest BCUT2D eigenvalue weighted by atomic mass is 10.1. The molecule has 0 heterocycles. The molecule has 35 heavy (non-hydrogen) atoms. The largest absolute Gasteiger partial charge is 0.357 e. The molecule has 3 aromatic rings. The van der Waals surface area contributed by atoms with E-state index in [0.29, 0.717) is 5.69 Å². The molecule has 2 amide bonds. The van der Waals surface area contributed by atoms with Crippen LogP contribution in [0.2, 0.25) is 0 Å². The highest BCUT2D eigenvalue weighted by Crippen LogP contribution is 2.25. The molecule has 0 aromatic heterocycles. The quantitative estimate of drug-likeness (QED) is 0.468. The van der Waals surface area contributed by atoms with Gasteiger partial charge in [-0.25, -0.2) is 8.42 Å². The van der Waals surface area contributed by atoms with Crippen molar-refractivity contribution < 1.29 is 18.0 Å². The molecule has 7 nitrogen and oxygen atoms in total. The average molecular weight is 494 g/mol. The van der Waals surface area contributed by atoms with Gasteiger partial charge in [-0.2, -0.15) is 0 Å².